The topological polar surface area (TPSA) is 88.7 Å². The van der Waals surface area contributed by atoms with Crippen LogP contribution in [0.3, 0.4) is 0 Å². The van der Waals surface area contributed by atoms with Gasteiger partial charge in [0.15, 0.2) is 6.54 Å². The first kappa shape index (κ1) is 16.2. The summed E-state index contributed by atoms with van der Waals surface area (Å²) in [6.45, 7) is 1.36. The van der Waals surface area contributed by atoms with Gasteiger partial charge >= 0.3 is 0 Å². The van der Waals surface area contributed by atoms with Crippen molar-refractivity contribution in [2.45, 2.75) is 0 Å². The zero-order valence-corrected chi connectivity index (χ0v) is 12.2. The molecule has 0 unspecified atom stereocenters. The van der Waals surface area contributed by atoms with Crippen molar-refractivity contribution < 1.29 is 14.6 Å². The van der Waals surface area contributed by atoms with Gasteiger partial charge < -0.3 is 15.5 Å². The second-order valence-corrected chi connectivity index (χ2v) is 4.99. The molecule has 0 aliphatic heterocycles. The Bertz CT molecular complexity index is 494. The Hall–Kier alpha value is -1.86. The Labute approximate surface area is 122 Å². The van der Waals surface area contributed by atoms with Crippen molar-refractivity contribution in [2.75, 3.05) is 39.0 Å². The third kappa shape index (κ3) is 5.41. The molecule has 0 atom stereocenters. The molecule has 0 saturated heterocycles. The van der Waals surface area contributed by atoms with E-state index in [0.29, 0.717) is 25.3 Å². The number of carbonyl (C=O) groups is 1. The number of nitrogens with zero attached hydrogens (tertiary/aromatic N) is 1. The van der Waals surface area contributed by atoms with Gasteiger partial charge in [-0.25, -0.2) is 0 Å². The largest absolute Gasteiger partial charge is 0.382 e. The van der Waals surface area contributed by atoms with Crippen LogP contribution in [0.15, 0.2) is 18.2 Å². The fourth-order valence-electron chi connectivity index (χ4n) is 1.54. The number of non-ortho nitro benzene ring substituents is 1. The van der Waals surface area contributed by atoms with Gasteiger partial charge in [-0.1, -0.05) is 11.6 Å². The van der Waals surface area contributed by atoms with Crippen LogP contribution in [0.25, 0.3) is 0 Å². The summed E-state index contributed by atoms with van der Waals surface area (Å²) in [6, 6.07) is 4.21. The van der Waals surface area contributed by atoms with Gasteiger partial charge in [-0.3, -0.25) is 14.9 Å². The number of benzene rings is 1. The number of hydrogen-bond donors (Lipinski definition) is 3. The number of nitro groups is 1. The molecule has 1 rings (SSSR count). The first-order chi connectivity index (χ1) is 9.40. The molecule has 0 bridgehead atoms. The highest BCUT2D eigenvalue weighted by Gasteiger charge is 2.09. The average molecular weight is 302 g/mol. The van der Waals surface area contributed by atoms with Crippen LogP contribution >= 0.6 is 11.6 Å². The van der Waals surface area contributed by atoms with Crippen molar-refractivity contribution in [1.82, 2.24) is 5.32 Å². The quantitative estimate of drug-likeness (QED) is 0.373. The van der Waals surface area contributed by atoms with E-state index < -0.39 is 4.92 Å². The van der Waals surface area contributed by atoms with Gasteiger partial charge in [0.25, 0.3) is 11.6 Å². The molecule has 0 spiro atoms. The number of quaternary nitrogens is 1. The number of rotatable bonds is 7. The number of carbonyl (C=O) groups excluding carboxylic acids is 1. The van der Waals surface area contributed by atoms with Crippen molar-refractivity contribution in [3.63, 3.8) is 0 Å². The molecule has 3 N–H and O–H groups in total. The summed E-state index contributed by atoms with van der Waals surface area (Å²) in [5, 5.41) is 16.6. The van der Waals surface area contributed by atoms with Crippen LogP contribution < -0.4 is 15.5 Å². The van der Waals surface area contributed by atoms with Crippen LogP contribution in [-0.2, 0) is 4.79 Å². The summed E-state index contributed by atoms with van der Waals surface area (Å²) in [5.41, 5.74) is 0.549. The summed E-state index contributed by atoms with van der Waals surface area (Å²) in [5.74, 6) is -0.0263. The average Bonchev–Trinajstić information content (AvgIpc) is 2.35. The molecule has 0 aromatic heterocycles. The smallest absolute Gasteiger partial charge is 0.275 e. The maximum absolute atomic E-state index is 11.4. The second-order valence-electron chi connectivity index (χ2n) is 4.58. The first-order valence-electron chi connectivity index (χ1n) is 6.13. The standard InChI is InChI=1S/C12H17ClN4O3/c1-16(2)8-12(18)15-6-5-14-11-4-3-9(17(19)20)7-10(11)13/h3-4,7,14H,5-6,8H2,1-2H3,(H,15,18)/p+1. The first-order valence-corrected chi connectivity index (χ1v) is 6.51. The Balaban J connectivity index is 2.39. The predicted molar refractivity (Wildman–Crippen MR) is 77.3 cm³/mol. The molecule has 1 aromatic rings. The molecule has 1 aromatic carbocycles. The monoisotopic (exact) mass is 301 g/mol. The molecular formula is C12H18ClN4O3+. The van der Waals surface area contributed by atoms with Crippen molar-refractivity contribution in [2.24, 2.45) is 0 Å². The Morgan fingerprint density at radius 2 is 2.10 bits per heavy atom. The van der Waals surface area contributed by atoms with Crippen molar-refractivity contribution in [3.05, 3.63) is 33.3 Å². The van der Waals surface area contributed by atoms with Crippen molar-refractivity contribution >= 4 is 28.9 Å². The molecule has 110 valence electrons. The van der Waals surface area contributed by atoms with E-state index in [1.54, 1.807) is 6.07 Å². The summed E-state index contributed by atoms with van der Waals surface area (Å²) >= 11 is 5.93. The minimum absolute atomic E-state index is 0.0263. The molecule has 0 aliphatic rings. The van der Waals surface area contributed by atoms with Gasteiger partial charge in [0.1, 0.15) is 0 Å². The fraction of sp³-hybridized carbons (Fsp3) is 0.417. The van der Waals surface area contributed by atoms with Gasteiger partial charge in [0.2, 0.25) is 0 Å². The second kappa shape index (κ2) is 7.66. The van der Waals surface area contributed by atoms with Gasteiger partial charge in [-0.15, -0.1) is 0 Å². The van der Waals surface area contributed by atoms with Crippen LogP contribution in [0.2, 0.25) is 5.02 Å². The highest BCUT2D eigenvalue weighted by atomic mass is 35.5. The zero-order valence-electron chi connectivity index (χ0n) is 11.4. The predicted octanol–water partition coefficient (Wildman–Crippen LogP) is -0.0792. The summed E-state index contributed by atoms with van der Waals surface area (Å²) in [4.78, 5) is 22.5. The molecule has 0 heterocycles. The van der Waals surface area contributed by atoms with E-state index in [4.69, 9.17) is 11.6 Å². The van der Waals surface area contributed by atoms with E-state index >= 15 is 0 Å². The molecule has 1 amide bonds. The molecule has 0 radical (unpaired) electrons. The number of hydrogen-bond acceptors (Lipinski definition) is 4. The molecule has 8 heteroatoms. The maximum atomic E-state index is 11.4. The lowest BCUT2D eigenvalue weighted by Crippen LogP contribution is -3.07. The third-order valence-corrected chi connectivity index (χ3v) is 2.75. The van der Waals surface area contributed by atoms with E-state index in [0.717, 1.165) is 4.90 Å². The van der Waals surface area contributed by atoms with Crippen molar-refractivity contribution in [3.8, 4) is 0 Å². The van der Waals surface area contributed by atoms with Gasteiger partial charge in [-0.05, 0) is 6.07 Å². The summed E-state index contributed by atoms with van der Waals surface area (Å²) in [6.07, 6.45) is 0. The summed E-state index contributed by atoms with van der Waals surface area (Å²) < 4.78 is 0. The molecule has 0 saturated carbocycles. The number of nitrogens with one attached hydrogen (secondary N) is 3. The number of halogens is 1. The van der Waals surface area contributed by atoms with Crippen LogP contribution in [0, 0.1) is 10.1 Å². The molecule has 20 heavy (non-hydrogen) atoms. The zero-order chi connectivity index (χ0) is 15.1. The number of amides is 1. The SMILES string of the molecule is C[NH+](C)CC(=O)NCCNc1ccc([N+](=O)[O-])cc1Cl. The normalized spacial score (nSPS) is 10.4. The number of anilines is 1. The lowest BCUT2D eigenvalue weighted by molar-refractivity contribution is -0.849. The lowest BCUT2D eigenvalue weighted by atomic mass is 10.3. The molecular weight excluding hydrogens is 284 g/mol. The van der Waals surface area contributed by atoms with E-state index in [1.165, 1.54) is 12.1 Å². The minimum Gasteiger partial charge on any atom is -0.382 e. The highest BCUT2D eigenvalue weighted by molar-refractivity contribution is 6.33. The minimum atomic E-state index is -0.501. The number of likely N-dealkylation sites (N-methyl/N-ethyl adjacent to an activating group) is 1. The Morgan fingerprint density at radius 1 is 1.40 bits per heavy atom. The maximum Gasteiger partial charge on any atom is 0.275 e. The lowest BCUT2D eigenvalue weighted by Gasteiger charge is -2.10. The van der Waals surface area contributed by atoms with Gasteiger partial charge in [-0.2, -0.15) is 0 Å². The third-order valence-electron chi connectivity index (χ3n) is 2.44. The van der Waals surface area contributed by atoms with Crippen LogP contribution in [-0.4, -0.2) is 44.6 Å². The van der Waals surface area contributed by atoms with Crippen LogP contribution in [0.5, 0.6) is 0 Å². The highest BCUT2D eigenvalue weighted by Crippen LogP contribution is 2.26. The number of nitro benzene ring substituents is 1. The summed E-state index contributed by atoms with van der Waals surface area (Å²) in [7, 11) is 3.79. The van der Waals surface area contributed by atoms with Crippen LogP contribution in [0.4, 0.5) is 11.4 Å². The Kier molecular flexibility index (Phi) is 6.20. The Morgan fingerprint density at radius 3 is 2.65 bits per heavy atom. The molecule has 7 nitrogen and oxygen atoms in total. The van der Waals surface area contributed by atoms with E-state index in [1.807, 2.05) is 14.1 Å². The van der Waals surface area contributed by atoms with E-state index in [2.05, 4.69) is 10.6 Å². The van der Waals surface area contributed by atoms with E-state index in [-0.39, 0.29) is 16.6 Å². The van der Waals surface area contributed by atoms with Gasteiger partial charge in [0, 0.05) is 25.2 Å². The molecule has 0 aliphatic carbocycles. The fourth-order valence-corrected chi connectivity index (χ4v) is 1.79. The van der Waals surface area contributed by atoms with Crippen molar-refractivity contribution in [1.29, 1.82) is 0 Å². The van der Waals surface area contributed by atoms with Crippen LogP contribution in [0.1, 0.15) is 0 Å². The van der Waals surface area contributed by atoms with E-state index in [9.17, 15) is 14.9 Å². The van der Waals surface area contributed by atoms with Gasteiger partial charge in [0.05, 0.1) is 29.7 Å². The molecule has 0 fully saturated rings.